The van der Waals surface area contributed by atoms with Crippen LogP contribution in [0.2, 0.25) is 0 Å². The van der Waals surface area contributed by atoms with Crippen LogP contribution in [-0.4, -0.2) is 21.3 Å². The Morgan fingerprint density at radius 2 is 2.06 bits per heavy atom. The quantitative estimate of drug-likeness (QED) is 0.810. The molecule has 4 heteroatoms. The summed E-state index contributed by atoms with van der Waals surface area (Å²) in [6.45, 7) is 3.77. The van der Waals surface area contributed by atoms with Gasteiger partial charge in [0.2, 0.25) is 0 Å². The molecule has 0 aliphatic carbocycles. The molecule has 2 N–H and O–H groups in total. The highest BCUT2D eigenvalue weighted by atomic mass is 16.4. The smallest absolute Gasteiger partial charge is 0.335 e. The molecule has 2 aromatic rings. The van der Waals surface area contributed by atoms with E-state index in [4.69, 9.17) is 5.11 Å². The summed E-state index contributed by atoms with van der Waals surface area (Å²) in [6, 6.07) is 5.28. The molecule has 0 bridgehead atoms. The first-order valence-electron chi connectivity index (χ1n) is 4.94. The number of nitrogens with zero attached hydrogens (tertiary/aromatic N) is 1. The zero-order chi connectivity index (χ0) is 11.7. The first kappa shape index (κ1) is 10.4. The number of benzene rings is 1. The van der Waals surface area contributed by atoms with E-state index in [1.54, 1.807) is 12.3 Å². The minimum atomic E-state index is -0.904. The van der Waals surface area contributed by atoms with Crippen LogP contribution in [0, 0.1) is 13.8 Å². The maximum absolute atomic E-state index is 11.0. The van der Waals surface area contributed by atoms with Gasteiger partial charge in [0.15, 0.2) is 0 Å². The van der Waals surface area contributed by atoms with Gasteiger partial charge in [0, 0.05) is 11.8 Å². The third-order valence-corrected chi connectivity index (χ3v) is 2.67. The Labute approximate surface area is 92.9 Å². The first-order valence-corrected chi connectivity index (χ1v) is 4.94. The van der Waals surface area contributed by atoms with Crippen LogP contribution in [0.25, 0.3) is 11.3 Å². The number of carboxylic acids is 1. The number of aryl methyl sites for hydroxylation is 1. The van der Waals surface area contributed by atoms with E-state index in [1.807, 2.05) is 26.0 Å². The average Bonchev–Trinajstić information content (AvgIpc) is 2.70. The number of H-pyrrole nitrogens is 1. The molecule has 0 aliphatic rings. The van der Waals surface area contributed by atoms with Gasteiger partial charge < -0.3 is 5.11 Å². The van der Waals surface area contributed by atoms with Gasteiger partial charge in [0.1, 0.15) is 0 Å². The van der Waals surface area contributed by atoms with Gasteiger partial charge in [-0.1, -0.05) is 6.07 Å². The fraction of sp³-hybridized carbons (Fsp3) is 0.167. The van der Waals surface area contributed by atoms with Gasteiger partial charge in [-0.2, -0.15) is 5.10 Å². The van der Waals surface area contributed by atoms with Gasteiger partial charge in [-0.15, -0.1) is 0 Å². The maximum Gasteiger partial charge on any atom is 0.335 e. The topological polar surface area (TPSA) is 66.0 Å². The van der Waals surface area contributed by atoms with E-state index in [2.05, 4.69) is 10.2 Å². The number of aromatic amines is 1. The molecule has 0 fully saturated rings. The zero-order valence-corrected chi connectivity index (χ0v) is 9.11. The molecule has 0 saturated heterocycles. The van der Waals surface area contributed by atoms with Gasteiger partial charge in [-0.3, -0.25) is 5.10 Å². The predicted octanol–water partition coefficient (Wildman–Crippen LogP) is 2.39. The van der Waals surface area contributed by atoms with Crippen LogP contribution >= 0.6 is 0 Å². The average molecular weight is 216 g/mol. The summed E-state index contributed by atoms with van der Waals surface area (Å²) in [5.74, 6) is -0.904. The van der Waals surface area contributed by atoms with Gasteiger partial charge >= 0.3 is 5.97 Å². The number of carbonyl (C=O) groups is 1. The van der Waals surface area contributed by atoms with Gasteiger partial charge in [0.25, 0.3) is 0 Å². The summed E-state index contributed by atoms with van der Waals surface area (Å²) >= 11 is 0. The van der Waals surface area contributed by atoms with Crippen molar-refractivity contribution in [3.8, 4) is 11.3 Å². The Hall–Kier alpha value is -2.10. The van der Waals surface area contributed by atoms with Crippen molar-refractivity contribution >= 4 is 5.97 Å². The van der Waals surface area contributed by atoms with Crippen molar-refractivity contribution in [1.82, 2.24) is 10.2 Å². The highest BCUT2D eigenvalue weighted by Gasteiger charge is 2.14. The van der Waals surface area contributed by atoms with Gasteiger partial charge in [-0.05, 0) is 37.1 Å². The molecule has 16 heavy (non-hydrogen) atoms. The standard InChI is InChI=1S/C12H12N2O2/c1-7-3-4-9(12(15)16)8(2)11(7)10-5-6-13-14-10/h3-6H,1-2H3,(H,13,14)(H,15,16). The number of carboxylic acid groups (broad SMARTS) is 1. The van der Waals surface area contributed by atoms with E-state index in [9.17, 15) is 4.79 Å². The highest BCUT2D eigenvalue weighted by Crippen LogP contribution is 2.27. The van der Waals surface area contributed by atoms with Crippen molar-refractivity contribution in [3.05, 3.63) is 41.1 Å². The van der Waals surface area contributed by atoms with Crippen molar-refractivity contribution in [2.75, 3.05) is 0 Å². The fourth-order valence-corrected chi connectivity index (χ4v) is 1.89. The lowest BCUT2D eigenvalue weighted by Gasteiger charge is -2.10. The lowest BCUT2D eigenvalue weighted by molar-refractivity contribution is 0.0696. The number of nitrogens with one attached hydrogen (secondary N) is 1. The van der Waals surface area contributed by atoms with Gasteiger partial charge in [0.05, 0.1) is 11.3 Å². The van der Waals surface area contributed by atoms with E-state index >= 15 is 0 Å². The Morgan fingerprint density at radius 1 is 1.31 bits per heavy atom. The molecule has 0 spiro atoms. The molecule has 0 radical (unpaired) electrons. The highest BCUT2D eigenvalue weighted by molar-refractivity contribution is 5.92. The van der Waals surface area contributed by atoms with Crippen LogP contribution in [0.1, 0.15) is 21.5 Å². The Morgan fingerprint density at radius 3 is 2.62 bits per heavy atom. The summed E-state index contributed by atoms with van der Waals surface area (Å²) in [5, 5.41) is 15.8. The molecular formula is C12H12N2O2. The molecule has 0 atom stereocenters. The van der Waals surface area contributed by atoms with E-state index < -0.39 is 5.97 Å². The molecule has 4 nitrogen and oxygen atoms in total. The Kier molecular flexibility index (Phi) is 2.48. The molecule has 0 amide bonds. The second-order valence-corrected chi connectivity index (χ2v) is 3.71. The Bertz CT molecular complexity index is 530. The molecule has 2 rings (SSSR count). The summed E-state index contributed by atoms with van der Waals surface area (Å²) < 4.78 is 0. The monoisotopic (exact) mass is 216 g/mol. The molecule has 0 saturated carbocycles. The largest absolute Gasteiger partial charge is 0.478 e. The number of hydrogen-bond acceptors (Lipinski definition) is 2. The number of aromatic nitrogens is 2. The van der Waals surface area contributed by atoms with Crippen LogP contribution in [0.3, 0.4) is 0 Å². The first-order chi connectivity index (χ1) is 7.61. The van der Waals surface area contributed by atoms with Crippen LogP contribution in [-0.2, 0) is 0 Å². The van der Waals surface area contributed by atoms with E-state index in [1.165, 1.54) is 0 Å². The number of hydrogen-bond donors (Lipinski definition) is 2. The zero-order valence-electron chi connectivity index (χ0n) is 9.11. The van der Waals surface area contributed by atoms with Crippen LogP contribution in [0.15, 0.2) is 24.4 Å². The third kappa shape index (κ3) is 1.58. The molecule has 0 unspecified atom stereocenters. The second kappa shape index (κ2) is 3.81. The van der Waals surface area contributed by atoms with Crippen molar-refractivity contribution in [1.29, 1.82) is 0 Å². The summed E-state index contributed by atoms with van der Waals surface area (Å²) in [7, 11) is 0. The lowest BCUT2D eigenvalue weighted by Crippen LogP contribution is -2.02. The summed E-state index contributed by atoms with van der Waals surface area (Å²) in [4.78, 5) is 11.0. The molecule has 0 aliphatic heterocycles. The number of aromatic carboxylic acids is 1. The summed E-state index contributed by atoms with van der Waals surface area (Å²) in [6.07, 6.45) is 1.65. The fourth-order valence-electron chi connectivity index (χ4n) is 1.89. The van der Waals surface area contributed by atoms with E-state index in [-0.39, 0.29) is 0 Å². The molecule has 1 heterocycles. The van der Waals surface area contributed by atoms with Crippen molar-refractivity contribution in [2.45, 2.75) is 13.8 Å². The maximum atomic E-state index is 11.0. The second-order valence-electron chi connectivity index (χ2n) is 3.71. The minimum Gasteiger partial charge on any atom is -0.478 e. The number of rotatable bonds is 2. The molecule has 82 valence electrons. The normalized spacial score (nSPS) is 10.4. The van der Waals surface area contributed by atoms with E-state index in [0.29, 0.717) is 5.56 Å². The third-order valence-electron chi connectivity index (χ3n) is 2.67. The molecule has 1 aromatic carbocycles. The van der Waals surface area contributed by atoms with Crippen molar-refractivity contribution in [2.24, 2.45) is 0 Å². The van der Waals surface area contributed by atoms with Gasteiger partial charge in [-0.25, -0.2) is 4.79 Å². The predicted molar refractivity (Wildman–Crippen MR) is 60.5 cm³/mol. The van der Waals surface area contributed by atoms with E-state index in [0.717, 1.165) is 22.4 Å². The summed E-state index contributed by atoms with van der Waals surface area (Å²) in [5.41, 5.74) is 3.88. The lowest BCUT2D eigenvalue weighted by atomic mass is 9.95. The molecular weight excluding hydrogens is 204 g/mol. The van der Waals surface area contributed by atoms with Crippen LogP contribution in [0.5, 0.6) is 0 Å². The SMILES string of the molecule is Cc1ccc(C(=O)O)c(C)c1-c1ccn[nH]1. The molecule has 1 aromatic heterocycles. The van der Waals surface area contributed by atoms with Crippen molar-refractivity contribution < 1.29 is 9.90 Å². The minimum absolute atomic E-state index is 0.329. The van der Waals surface area contributed by atoms with Crippen LogP contribution in [0.4, 0.5) is 0 Å². The van der Waals surface area contributed by atoms with Crippen LogP contribution < -0.4 is 0 Å². The Balaban J connectivity index is 2.69. The van der Waals surface area contributed by atoms with Crippen molar-refractivity contribution in [3.63, 3.8) is 0 Å².